The molecule has 1 N–H and O–H groups in total. The Morgan fingerprint density at radius 1 is 1.14 bits per heavy atom. The molecule has 110 valence electrons. The van der Waals surface area contributed by atoms with Gasteiger partial charge in [-0.3, -0.25) is 0 Å². The van der Waals surface area contributed by atoms with Gasteiger partial charge in [0.25, 0.3) is 0 Å². The molecular formula is C17H12O5. The maximum atomic E-state index is 12.1. The molecule has 2 aromatic carbocycles. The molecule has 5 heteroatoms. The highest BCUT2D eigenvalue weighted by Gasteiger charge is 2.10. The van der Waals surface area contributed by atoms with Crippen LogP contribution in [0.5, 0.6) is 11.5 Å². The molecule has 0 fully saturated rings. The van der Waals surface area contributed by atoms with E-state index in [0.717, 1.165) is 0 Å². The van der Waals surface area contributed by atoms with Crippen molar-refractivity contribution in [2.75, 3.05) is 0 Å². The standard InChI is InChI=1S/C17H12O5/c1-2-3-16(19)21-11-5-7-12-13-6-4-10(18)8-15(13)22-17(20)14(12)9-11/h2-9,18H,1H3/b3-2+. The van der Waals surface area contributed by atoms with Crippen molar-refractivity contribution < 1.29 is 19.1 Å². The second-order valence-electron chi connectivity index (χ2n) is 4.70. The Balaban J connectivity index is 2.19. The molecule has 0 aliphatic carbocycles. The van der Waals surface area contributed by atoms with E-state index in [9.17, 15) is 14.7 Å². The second-order valence-corrected chi connectivity index (χ2v) is 4.70. The Bertz CT molecular complexity index is 966. The average molecular weight is 296 g/mol. The second kappa shape index (κ2) is 5.37. The first kappa shape index (κ1) is 13.9. The Hall–Kier alpha value is -3.08. The number of allylic oxidation sites excluding steroid dienone is 1. The number of esters is 1. The number of carbonyl (C=O) groups excluding carboxylic acids is 1. The Morgan fingerprint density at radius 3 is 2.68 bits per heavy atom. The Kier molecular flexibility index (Phi) is 3.39. The fraction of sp³-hybridized carbons (Fsp3) is 0.0588. The molecule has 5 nitrogen and oxygen atoms in total. The van der Waals surface area contributed by atoms with E-state index in [1.165, 1.54) is 24.3 Å². The highest BCUT2D eigenvalue weighted by Crippen LogP contribution is 2.28. The lowest BCUT2D eigenvalue weighted by Crippen LogP contribution is -2.05. The number of hydrogen-bond donors (Lipinski definition) is 1. The summed E-state index contributed by atoms with van der Waals surface area (Å²) in [5, 5.41) is 11.1. The van der Waals surface area contributed by atoms with Gasteiger partial charge in [-0.05, 0) is 37.3 Å². The van der Waals surface area contributed by atoms with Crippen molar-refractivity contribution in [3.05, 3.63) is 59.0 Å². The maximum absolute atomic E-state index is 12.1. The predicted molar refractivity (Wildman–Crippen MR) is 82.1 cm³/mol. The molecule has 1 heterocycles. The molecule has 0 amide bonds. The van der Waals surface area contributed by atoms with Gasteiger partial charge in [0.2, 0.25) is 0 Å². The van der Waals surface area contributed by atoms with Crippen molar-refractivity contribution in [1.82, 2.24) is 0 Å². The van der Waals surface area contributed by atoms with Gasteiger partial charge in [-0.1, -0.05) is 6.08 Å². The molecular weight excluding hydrogens is 284 g/mol. The summed E-state index contributed by atoms with van der Waals surface area (Å²) in [4.78, 5) is 23.5. The van der Waals surface area contributed by atoms with Gasteiger partial charge in [-0.25, -0.2) is 9.59 Å². The van der Waals surface area contributed by atoms with E-state index in [0.29, 0.717) is 21.7 Å². The van der Waals surface area contributed by atoms with Crippen molar-refractivity contribution in [3.63, 3.8) is 0 Å². The molecule has 0 aliphatic heterocycles. The molecule has 0 spiro atoms. The zero-order valence-corrected chi connectivity index (χ0v) is 11.7. The van der Waals surface area contributed by atoms with Gasteiger partial charge in [0.1, 0.15) is 17.1 Å². The largest absolute Gasteiger partial charge is 0.508 e. The van der Waals surface area contributed by atoms with Crippen LogP contribution in [-0.2, 0) is 4.79 Å². The summed E-state index contributed by atoms with van der Waals surface area (Å²) in [5.41, 5.74) is -0.256. The minimum absolute atomic E-state index is 0.0203. The smallest absolute Gasteiger partial charge is 0.344 e. The third kappa shape index (κ3) is 2.44. The molecule has 0 radical (unpaired) electrons. The first-order valence-corrected chi connectivity index (χ1v) is 6.62. The lowest BCUT2D eigenvalue weighted by atomic mass is 10.1. The summed E-state index contributed by atoms with van der Waals surface area (Å²) in [5.74, 6) is -0.232. The van der Waals surface area contributed by atoms with Crippen LogP contribution >= 0.6 is 0 Å². The number of hydrogen-bond acceptors (Lipinski definition) is 5. The van der Waals surface area contributed by atoms with Gasteiger partial charge in [-0.15, -0.1) is 0 Å². The maximum Gasteiger partial charge on any atom is 0.344 e. The zero-order chi connectivity index (χ0) is 15.7. The fourth-order valence-electron chi connectivity index (χ4n) is 2.25. The summed E-state index contributed by atoms with van der Waals surface area (Å²) >= 11 is 0. The van der Waals surface area contributed by atoms with E-state index >= 15 is 0 Å². The van der Waals surface area contributed by atoms with Crippen LogP contribution in [0.2, 0.25) is 0 Å². The number of rotatable bonds is 2. The van der Waals surface area contributed by atoms with E-state index in [4.69, 9.17) is 9.15 Å². The molecule has 0 aliphatic rings. The molecule has 0 atom stereocenters. The lowest BCUT2D eigenvalue weighted by molar-refractivity contribution is -0.128. The zero-order valence-electron chi connectivity index (χ0n) is 11.7. The van der Waals surface area contributed by atoms with E-state index in [-0.39, 0.29) is 11.5 Å². The van der Waals surface area contributed by atoms with Crippen LogP contribution in [0.25, 0.3) is 21.7 Å². The van der Waals surface area contributed by atoms with Gasteiger partial charge in [0.15, 0.2) is 0 Å². The number of phenolic OH excluding ortho intramolecular Hbond substituents is 1. The van der Waals surface area contributed by atoms with Gasteiger partial charge in [0, 0.05) is 22.9 Å². The van der Waals surface area contributed by atoms with Crippen molar-refractivity contribution in [2.45, 2.75) is 6.92 Å². The highest BCUT2D eigenvalue weighted by molar-refractivity contribution is 6.05. The number of phenols is 1. The third-order valence-electron chi connectivity index (χ3n) is 3.19. The number of benzene rings is 2. The normalized spacial score (nSPS) is 11.3. The summed E-state index contributed by atoms with van der Waals surface area (Å²) < 4.78 is 10.3. The molecule has 0 bridgehead atoms. The van der Waals surface area contributed by atoms with Crippen molar-refractivity contribution in [2.24, 2.45) is 0 Å². The highest BCUT2D eigenvalue weighted by atomic mass is 16.5. The van der Waals surface area contributed by atoms with E-state index in [1.807, 2.05) is 0 Å². The Morgan fingerprint density at radius 2 is 1.91 bits per heavy atom. The number of fused-ring (bicyclic) bond motifs is 3. The molecule has 0 saturated heterocycles. The minimum Gasteiger partial charge on any atom is -0.508 e. The topological polar surface area (TPSA) is 76.7 Å². The van der Waals surface area contributed by atoms with Crippen LogP contribution in [0.1, 0.15) is 6.92 Å². The number of carbonyl (C=O) groups is 1. The van der Waals surface area contributed by atoms with Crippen molar-refractivity contribution >= 4 is 27.7 Å². The minimum atomic E-state index is -0.558. The molecule has 22 heavy (non-hydrogen) atoms. The van der Waals surface area contributed by atoms with E-state index in [2.05, 4.69) is 0 Å². The molecule has 0 unspecified atom stereocenters. The quantitative estimate of drug-likeness (QED) is 0.258. The predicted octanol–water partition coefficient (Wildman–Crippen LogP) is 3.13. The van der Waals surface area contributed by atoms with Gasteiger partial charge in [0.05, 0.1) is 5.39 Å². The third-order valence-corrected chi connectivity index (χ3v) is 3.19. The van der Waals surface area contributed by atoms with Crippen molar-refractivity contribution in [3.8, 4) is 11.5 Å². The first-order chi connectivity index (χ1) is 10.6. The molecule has 0 saturated carbocycles. The SMILES string of the molecule is C/C=C/C(=O)Oc1ccc2c(c1)c(=O)oc1cc(O)ccc12. The van der Waals surface area contributed by atoms with Crippen LogP contribution in [0, 0.1) is 0 Å². The summed E-state index contributed by atoms with van der Waals surface area (Å²) in [6.07, 6.45) is 2.85. The fourth-order valence-corrected chi connectivity index (χ4v) is 2.25. The monoisotopic (exact) mass is 296 g/mol. The number of aromatic hydroxyl groups is 1. The first-order valence-electron chi connectivity index (χ1n) is 6.62. The van der Waals surface area contributed by atoms with Crippen LogP contribution in [0.4, 0.5) is 0 Å². The van der Waals surface area contributed by atoms with Crippen molar-refractivity contribution in [1.29, 1.82) is 0 Å². The van der Waals surface area contributed by atoms with Gasteiger partial charge < -0.3 is 14.3 Å². The van der Waals surface area contributed by atoms with Gasteiger partial charge >= 0.3 is 11.6 Å². The van der Waals surface area contributed by atoms with Crippen LogP contribution in [0.15, 0.2) is 57.8 Å². The molecule has 3 rings (SSSR count). The Labute approximate surface area is 125 Å². The average Bonchev–Trinajstić information content (AvgIpc) is 2.47. The number of ether oxygens (including phenoxy) is 1. The van der Waals surface area contributed by atoms with Crippen LogP contribution in [-0.4, -0.2) is 11.1 Å². The lowest BCUT2D eigenvalue weighted by Gasteiger charge is -2.05. The summed E-state index contributed by atoms with van der Waals surface area (Å²) in [6, 6.07) is 9.33. The molecule has 3 aromatic rings. The summed E-state index contributed by atoms with van der Waals surface area (Å²) in [6.45, 7) is 1.71. The van der Waals surface area contributed by atoms with Gasteiger partial charge in [-0.2, -0.15) is 0 Å². The van der Waals surface area contributed by atoms with E-state index in [1.54, 1.807) is 31.2 Å². The van der Waals surface area contributed by atoms with E-state index < -0.39 is 11.6 Å². The van der Waals surface area contributed by atoms with Crippen LogP contribution in [0.3, 0.4) is 0 Å². The molecule has 1 aromatic heterocycles. The summed E-state index contributed by atoms with van der Waals surface area (Å²) in [7, 11) is 0. The van der Waals surface area contributed by atoms with Crippen LogP contribution < -0.4 is 10.4 Å².